The van der Waals surface area contributed by atoms with Crippen LogP contribution in [0.1, 0.15) is 41.2 Å². The van der Waals surface area contributed by atoms with Crippen LogP contribution in [0.4, 0.5) is 0 Å². The molecule has 1 amide bonds. The number of H-pyrrole nitrogens is 1. The minimum Gasteiger partial charge on any atom is -0.362 e. The molecule has 0 aliphatic rings. The third-order valence-electron chi connectivity index (χ3n) is 3.52. The second kappa shape index (κ2) is 6.59. The van der Waals surface area contributed by atoms with Crippen LogP contribution in [0.2, 0.25) is 0 Å². The maximum Gasteiger partial charge on any atom is 0.253 e. The highest BCUT2D eigenvalue weighted by Gasteiger charge is 2.15. The van der Waals surface area contributed by atoms with Crippen LogP contribution in [0.5, 0.6) is 0 Å². The maximum absolute atomic E-state index is 12.1. The van der Waals surface area contributed by atoms with E-state index in [0.29, 0.717) is 6.54 Å². The smallest absolute Gasteiger partial charge is 0.253 e. The fourth-order valence-electron chi connectivity index (χ4n) is 2.20. The first-order chi connectivity index (χ1) is 8.51. The van der Waals surface area contributed by atoms with Crippen LogP contribution >= 0.6 is 0 Å². The van der Waals surface area contributed by atoms with Gasteiger partial charge in [-0.15, -0.1) is 0 Å². The number of aromatic amines is 1. The standard InChI is InChI=1S/C14H25N3O/c1-6-17(7-2)9-8-15-14(18)13-10(3)11(4)16-12(13)5/h16H,6-9H2,1-5H3,(H,15,18). The second-order valence-corrected chi connectivity index (χ2v) is 4.66. The van der Waals surface area contributed by atoms with E-state index >= 15 is 0 Å². The Morgan fingerprint density at radius 1 is 1.17 bits per heavy atom. The van der Waals surface area contributed by atoms with Gasteiger partial charge in [0.05, 0.1) is 5.56 Å². The highest BCUT2D eigenvalue weighted by molar-refractivity contribution is 5.97. The Labute approximate surface area is 110 Å². The third-order valence-corrected chi connectivity index (χ3v) is 3.52. The van der Waals surface area contributed by atoms with Gasteiger partial charge in [0.25, 0.3) is 5.91 Å². The lowest BCUT2D eigenvalue weighted by Crippen LogP contribution is -2.35. The van der Waals surface area contributed by atoms with Gasteiger partial charge in [0.15, 0.2) is 0 Å². The molecule has 1 heterocycles. The maximum atomic E-state index is 12.1. The average Bonchev–Trinajstić information content (AvgIpc) is 2.59. The van der Waals surface area contributed by atoms with Gasteiger partial charge >= 0.3 is 0 Å². The van der Waals surface area contributed by atoms with Crippen molar-refractivity contribution in [1.82, 2.24) is 15.2 Å². The summed E-state index contributed by atoms with van der Waals surface area (Å²) < 4.78 is 0. The van der Waals surface area contributed by atoms with Crippen molar-refractivity contribution in [1.29, 1.82) is 0 Å². The zero-order valence-electron chi connectivity index (χ0n) is 12.2. The van der Waals surface area contributed by atoms with E-state index in [1.165, 1.54) is 0 Å². The summed E-state index contributed by atoms with van der Waals surface area (Å²) in [6.07, 6.45) is 0. The summed E-state index contributed by atoms with van der Waals surface area (Å²) in [5, 5.41) is 2.99. The van der Waals surface area contributed by atoms with Crippen molar-refractivity contribution in [3.05, 3.63) is 22.5 Å². The molecule has 0 radical (unpaired) electrons. The van der Waals surface area contributed by atoms with E-state index in [2.05, 4.69) is 29.0 Å². The summed E-state index contributed by atoms with van der Waals surface area (Å²) in [6.45, 7) is 13.8. The summed E-state index contributed by atoms with van der Waals surface area (Å²) in [5.41, 5.74) is 3.87. The molecule has 1 rings (SSSR count). The van der Waals surface area contributed by atoms with Gasteiger partial charge in [0.1, 0.15) is 0 Å². The zero-order chi connectivity index (χ0) is 13.7. The number of aryl methyl sites for hydroxylation is 2. The van der Waals surface area contributed by atoms with E-state index < -0.39 is 0 Å². The van der Waals surface area contributed by atoms with E-state index in [-0.39, 0.29) is 5.91 Å². The quantitative estimate of drug-likeness (QED) is 0.812. The Morgan fingerprint density at radius 2 is 1.78 bits per heavy atom. The molecule has 0 fully saturated rings. The number of nitrogens with zero attached hydrogens (tertiary/aromatic N) is 1. The molecule has 1 aromatic heterocycles. The number of aromatic nitrogens is 1. The van der Waals surface area contributed by atoms with Crippen LogP contribution in [0.25, 0.3) is 0 Å². The minimum absolute atomic E-state index is 0.0292. The van der Waals surface area contributed by atoms with E-state index in [1.54, 1.807) is 0 Å². The number of rotatable bonds is 6. The molecule has 0 aromatic carbocycles. The van der Waals surface area contributed by atoms with Crippen molar-refractivity contribution in [3.8, 4) is 0 Å². The molecule has 0 aliphatic carbocycles. The molecular weight excluding hydrogens is 226 g/mol. The number of carbonyl (C=O) groups excluding carboxylic acids is 1. The molecule has 18 heavy (non-hydrogen) atoms. The Bertz CT molecular complexity index is 405. The molecule has 0 spiro atoms. The SMILES string of the molecule is CCN(CC)CCNC(=O)c1c(C)[nH]c(C)c1C. The average molecular weight is 251 g/mol. The highest BCUT2D eigenvalue weighted by Crippen LogP contribution is 2.16. The van der Waals surface area contributed by atoms with Gasteiger partial charge in [-0.25, -0.2) is 0 Å². The minimum atomic E-state index is 0.0292. The number of hydrogen-bond donors (Lipinski definition) is 2. The molecule has 2 N–H and O–H groups in total. The summed E-state index contributed by atoms with van der Waals surface area (Å²) in [4.78, 5) is 17.6. The number of nitrogens with one attached hydrogen (secondary N) is 2. The predicted octanol–water partition coefficient (Wildman–Crippen LogP) is 2.01. The number of likely N-dealkylation sites (N-methyl/N-ethyl adjacent to an activating group) is 1. The number of hydrogen-bond acceptors (Lipinski definition) is 2. The van der Waals surface area contributed by atoms with Crippen molar-refractivity contribution in [2.45, 2.75) is 34.6 Å². The summed E-state index contributed by atoms with van der Waals surface area (Å²) in [7, 11) is 0. The Kier molecular flexibility index (Phi) is 5.41. The van der Waals surface area contributed by atoms with Gasteiger partial charge in [-0.1, -0.05) is 13.8 Å². The molecule has 0 saturated heterocycles. The van der Waals surface area contributed by atoms with Crippen molar-refractivity contribution >= 4 is 5.91 Å². The van der Waals surface area contributed by atoms with Gasteiger partial charge in [0.2, 0.25) is 0 Å². The molecule has 0 saturated carbocycles. The number of amides is 1. The van der Waals surface area contributed by atoms with Crippen molar-refractivity contribution in [2.75, 3.05) is 26.2 Å². The molecule has 1 aromatic rings. The molecule has 0 bridgehead atoms. The van der Waals surface area contributed by atoms with Crippen LogP contribution in [-0.2, 0) is 0 Å². The lowest BCUT2D eigenvalue weighted by molar-refractivity contribution is 0.0948. The molecule has 0 aliphatic heterocycles. The summed E-state index contributed by atoms with van der Waals surface area (Å²) >= 11 is 0. The molecule has 102 valence electrons. The van der Waals surface area contributed by atoms with Crippen LogP contribution in [0.15, 0.2) is 0 Å². The first-order valence-corrected chi connectivity index (χ1v) is 6.67. The molecule has 0 unspecified atom stereocenters. The summed E-state index contributed by atoms with van der Waals surface area (Å²) in [6, 6.07) is 0. The highest BCUT2D eigenvalue weighted by atomic mass is 16.1. The van der Waals surface area contributed by atoms with Gasteiger partial charge in [-0.3, -0.25) is 4.79 Å². The monoisotopic (exact) mass is 251 g/mol. The number of carbonyl (C=O) groups is 1. The van der Waals surface area contributed by atoms with E-state index in [9.17, 15) is 4.79 Å². The van der Waals surface area contributed by atoms with Crippen LogP contribution < -0.4 is 5.32 Å². The fraction of sp³-hybridized carbons (Fsp3) is 0.643. The topological polar surface area (TPSA) is 48.1 Å². The second-order valence-electron chi connectivity index (χ2n) is 4.66. The van der Waals surface area contributed by atoms with Crippen LogP contribution in [0, 0.1) is 20.8 Å². The van der Waals surface area contributed by atoms with Crippen LogP contribution in [-0.4, -0.2) is 42.0 Å². The first-order valence-electron chi connectivity index (χ1n) is 6.67. The third kappa shape index (κ3) is 3.35. The largest absolute Gasteiger partial charge is 0.362 e. The summed E-state index contributed by atoms with van der Waals surface area (Å²) in [5.74, 6) is 0.0292. The van der Waals surface area contributed by atoms with E-state index in [1.807, 2.05) is 20.8 Å². The van der Waals surface area contributed by atoms with Gasteiger partial charge < -0.3 is 15.2 Å². The van der Waals surface area contributed by atoms with Crippen molar-refractivity contribution in [2.24, 2.45) is 0 Å². The Morgan fingerprint density at radius 3 is 2.22 bits per heavy atom. The molecule has 4 heteroatoms. The van der Waals surface area contributed by atoms with E-state index in [0.717, 1.165) is 42.1 Å². The van der Waals surface area contributed by atoms with E-state index in [4.69, 9.17) is 0 Å². The van der Waals surface area contributed by atoms with Gasteiger partial charge in [-0.05, 0) is 39.4 Å². The molecule has 4 nitrogen and oxygen atoms in total. The van der Waals surface area contributed by atoms with Crippen molar-refractivity contribution < 1.29 is 4.79 Å². The molecule has 0 atom stereocenters. The van der Waals surface area contributed by atoms with Crippen molar-refractivity contribution in [3.63, 3.8) is 0 Å². The molecular formula is C14H25N3O. The lowest BCUT2D eigenvalue weighted by atomic mass is 10.1. The first kappa shape index (κ1) is 14.8. The van der Waals surface area contributed by atoms with Crippen LogP contribution in [0.3, 0.4) is 0 Å². The van der Waals surface area contributed by atoms with Gasteiger partial charge in [-0.2, -0.15) is 0 Å². The predicted molar refractivity (Wildman–Crippen MR) is 75.1 cm³/mol. The van der Waals surface area contributed by atoms with Gasteiger partial charge in [0, 0.05) is 24.5 Å². The Hall–Kier alpha value is -1.29. The lowest BCUT2D eigenvalue weighted by Gasteiger charge is -2.18. The zero-order valence-corrected chi connectivity index (χ0v) is 12.2. The normalized spacial score (nSPS) is 11.0. The fourth-order valence-corrected chi connectivity index (χ4v) is 2.20. The Balaban J connectivity index is 2.56.